The molecule has 0 aromatic carbocycles. The number of carbonyl (C=O) groups is 1. The zero-order valence-corrected chi connectivity index (χ0v) is 8.34. The average Bonchev–Trinajstić information content (AvgIpc) is 2.03. The van der Waals surface area contributed by atoms with Crippen LogP contribution in [0.25, 0.3) is 0 Å². The van der Waals surface area contributed by atoms with Crippen molar-refractivity contribution in [3.8, 4) is 0 Å². The number of nitrogens with zero attached hydrogens (tertiary/aromatic N) is 1. The fourth-order valence-electron chi connectivity index (χ4n) is 1.26. The SMILES string of the molecule is CS(=O)(=O)OC(=O)N1CCCCC1. The topological polar surface area (TPSA) is 63.7 Å². The van der Waals surface area contributed by atoms with Crippen molar-refractivity contribution in [1.29, 1.82) is 0 Å². The molecule has 0 radical (unpaired) electrons. The van der Waals surface area contributed by atoms with Crippen LogP contribution in [0.5, 0.6) is 0 Å². The lowest BCUT2D eigenvalue weighted by molar-refractivity contribution is 0.145. The molecule has 1 aliphatic rings. The Bertz CT molecular complexity index is 279. The van der Waals surface area contributed by atoms with E-state index in [-0.39, 0.29) is 0 Å². The van der Waals surface area contributed by atoms with Gasteiger partial charge in [0, 0.05) is 13.1 Å². The maximum absolute atomic E-state index is 11.1. The summed E-state index contributed by atoms with van der Waals surface area (Å²) >= 11 is 0. The fraction of sp³-hybridized carbons (Fsp3) is 0.857. The Labute approximate surface area is 77.8 Å². The van der Waals surface area contributed by atoms with E-state index in [9.17, 15) is 13.2 Å². The zero-order chi connectivity index (χ0) is 9.90. The largest absolute Gasteiger partial charge is 0.425 e. The van der Waals surface area contributed by atoms with Crippen molar-refractivity contribution in [2.75, 3.05) is 19.3 Å². The molecule has 0 N–H and O–H groups in total. The van der Waals surface area contributed by atoms with Crippen LogP contribution in [0.1, 0.15) is 19.3 Å². The normalized spacial score (nSPS) is 18.4. The highest BCUT2D eigenvalue weighted by atomic mass is 32.2. The van der Waals surface area contributed by atoms with Crippen LogP contribution >= 0.6 is 0 Å². The third-order valence-corrected chi connectivity index (χ3v) is 2.28. The molecule has 0 bridgehead atoms. The van der Waals surface area contributed by atoms with Gasteiger partial charge in [-0.2, -0.15) is 8.42 Å². The van der Waals surface area contributed by atoms with Gasteiger partial charge in [0.05, 0.1) is 6.26 Å². The molecule has 0 atom stereocenters. The van der Waals surface area contributed by atoms with Gasteiger partial charge >= 0.3 is 16.2 Å². The van der Waals surface area contributed by atoms with E-state index in [4.69, 9.17) is 0 Å². The van der Waals surface area contributed by atoms with Gasteiger partial charge in [0.1, 0.15) is 0 Å². The Balaban J connectivity index is 2.47. The number of hydrogen-bond donors (Lipinski definition) is 0. The first-order valence-electron chi connectivity index (χ1n) is 4.17. The third-order valence-electron chi connectivity index (χ3n) is 1.84. The summed E-state index contributed by atoms with van der Waals surface area (Å²) in [7, 11) is -3.66. The molecule has 76 valence electrons. The standard InChI is InChI=1S/C7H13NO4S/c1-13(10,11)12-7(9)8-5-3-2-4-6-8/h2-6H2,1H3. The van der Waals surface area contributed by atoms with Crippen LogP contribution in [-0.4, -0.2) is 38.8 Å². The number of hydrogen-bond acceptors (Lipinski definition) is 4. The molecule has 1 amide bonds. The molecule has 1 heterocycles. The molecule has 1 fully saturated rings. The van der Waals surface area contributed by atoms with Gasteiger partial charge in [0.25, 0.3) is 0 Å². The van der Waals surface area contributed by atoms with E-state index in [1.165, 1.54) is 4.90 Å². The van der Waals surface area contributed by atoms with Crippen molar-refractivity contribution in [3.63, 3.8) is 0 Å². The maximum Gasteiger partial charge on any atom is 0.425 e. The van der Waals surface area contributed by atoms with E-state index < -0.39 is 16.2 Å². The number of piperidine rings is 1. The second-order valence-corrected chi connectivity index (χ2v) is 4.68. The lowest BCUT2D eigenvalue weighted by Crippen LogP contribution is -2.36. The Morgan fingerprint density at radius 3 is 2.23 bits per heavy atom. The Hall–Kier alpha value is -0.780. The van der Waals surface area contributed by atoms with E-state index in [1.54, 1.807) is 0 Å². The summed E-state index contributed by atoms with van der Waals surface area (Å²) < 4.78 is 25.5. The van der Waals surface area contributed by atoms with Gasteiger partial charge in [-0.15, -0.1) is 0 Å². The molecule has 0 spiro atoms. The van der Waals surface area contributed by atoms with Gasteiger partial charge in [-0.25, -0.2) is 4.79 Å². The Morgan fingerprint density at radius 1 is 1.23 bits per heavy atom. The predicted molar refractivity (Wildman–Crippen MR) is 46.7 cm³/mol. The second kappa shape index (κ2) is 3.95. The number of likely N-dealkylation sites (tertiary alicyclic amines) is 1. The first-order chi connectivity index (χ1) is 5.99. The molecule has 6 heteroatoms. The summed E-state index contributed by atoms with van der Waals surface area (Å²) in [6, 6.07) is 0. The highest BCUT2D eigenvalue weighted by Gasteiger charge is 2.20. The van der Waals surface area contributed by atoms with E-state index in [0.717, 1.165) is 25.5 Å². The molecular formula is C7H13NO4S. The van der Waals surface area contributed by atoms with E-state index >= 15 is 0 Å². The lowest BCUT2D eigenvalue weighted by atomic mass is 10.1. The highest BCUT2D eigenvalue weighted by molar-refractivity contribution is 7.86. The lowest BCUT2D eigenvalue weighted by Gasteiger charge is -2.24. The van der Waals surface area contributed by atoms with Crippen LogP contribution in [0.3, 0.4) is 0 Å². The molecule has 1 aliphatic heterocycles. The van der Waals surface area contributed by atoms with E-state index in [0.29, 0.717) is 13.1 Å². The summed E-state index contributed by atoms with van der Waals surface area (Å²) in [5, 5.41) is 0. The second-order valence-electron chi connectivity index (χ2n) is 3.10. The van der Waals surface area contributed by atoms with Crippen LogP contribution in [0.4, 0.5) is 4.79 Å². The summed E-state index contributed by atoms with van der Waals surface area (Å²) in [6.07, 6.45) is 3.04. The van der Waals surface area contributed by atoms with Gasteiger partial charge < -0.3 is 9.08 Å². The molecular weight excluding hydrogens is 194 g/mol. The molecule has 0 aromatic rings. The van der Waals surface area contributed by atoms with E-state index in [2.05, 4.69) is 4.18 Å². The molecule has 0 unspecified atom stereocenters. The van der Waals surface area contributed by atoms with Crippen molar-refractivity contribution >= 4 is 16.2 Å². The van der Waals surface area contributed by atoms with Crippen LogP contribution in [-0.2, 0) is 14.3 Å². The van der Waals surface area contributed by atoms with Crippen LogP contribution in [0, 0.1) is 0 Å². The summed E-state index contributed by atoms with van der Waals surface area (Å²) in [5.74, 6) is 0. The number of rotatable bonds is 1. The van der Waals surface area contributed by atoms with Crippen molar-refractivity contribution in [3.05, 3.63) is 0 Å². The maximum atomic E-state index is 11.1. The number of amides is 1. The average molecular weight is 207 g/mol. The first kappa shape index (κ1) is 10.3. The zero-order valence-electron chi connectivity index (χ0n) is 7.52. The van der Waals surface area contributed by atoms with Gasteiger partial charge in [-0.1, -0.05) is 0 Å². The molecule has 0 aromatic heterocycles. The van der Waals surface area contributed by atoms with E-state index in [1.807, 2.05) is 0 Å². The van der Waals surface area contributed by atoms with Crippen molar-refractivity contribution in [1.82, 2.24) is 4.90 Å². The molecule has 0 saturated carbocycles. The minimum atomic E-state index is -3.66. The summed E-state index contributed by atoms with van der Waals surface area (Å²) in [6.45, 7) is 1.18. The molecule has 0 aliphatic carbocycles. The Morgan fingerprint density at radius 2 is 1.77 bits per heavy atom. The summed E-state index contributed by atoms with van der Waals surface area (Å²) in [5.41, 5.74) is 0. The van der Waals surface area contributed by atoms with Crippen LogP contribution < -0.4 is 0 Å². The third kappa shape index (κ3) is 3.63. The molecule has 5 nitrogen and oxygen atoms in total. The molecule has 1 rings (SSSR count). The smallest absolute Gasteiger partial charge is 0.328 e. The van der Waals surface area contributed by atoms with Crippen molar-refractivity contribution < 1.29 is 17.4 Å². The van der Waals surface area contributed by atoms with Gasteiger partial charge in [0.15, 0.2) is 0 Å². The minimum absolute atomic E-state index is 0.592. The van der Waals surface area contributed by atoms with Crippen molar-refractivity contribution in [2.24, 2.45) is 0 Å². The number of carbonyl (C=O) groups excluding carboxylic acids is 1. The van der Waals surface area contributed by atoms with Gasteiger partial charge in [-0.3, -0.25) is 0 Å². The predicted octanol–water partition coefficient (Wildman–Crippen LogP) is 0.569. The van der Waals surface area contributed by atoms with Crippen molar-refractivity contribution in [2.45, 2.75) is 19.3 Å². The van der Waals surface area contributed by atoms with Crippen LogP contribution in [0.2, 0.25) is 0 Å². The monoisotopic (exact) mass is 207 g/mol. The van der Waals surface area contributed by atoms with Gasteiger partial charge in [0.2, 0.25) is 0 Å². The quantitative estimate of drug-likeness (QED) is 0.590. The van der Waals surface area contributed by atoms with Gasteiger partial charge in [-0.05, 0) is 19.3 Å². The fourth-order valence-corrected chi connectivity index (χ4v) is 1.62. The molecule has 13 heavy (non-hydrogen) atoms. The minimum Gasteiger partial charge on any atom is -0.328 e. The van der Waals surface area contributed by atoms with Crippen LogP contribution in [0.15, 0.2) is 0 Å². The Kier molecular flexibility index (Phi) is 3.13. The first-order valence-corrected chi connectivity index (χ1v) is 5.99. The highest BCUT2D eigenvalue weighted by Crippen LogP contribution is 2.10. The summed E-state index contributed by atoms with van der Waals surface area (Å²) in [4.78, 5) is 12.6. The molecule has 1 saturated heterocycles.